The van der Waals surface area contributed by atoms with E-state index in [0.29, 0.717) is 11.3 Å². The van der Waals surface area contributed by atoms with Gasteiger partial charge in [0.15, 0.2) is 0 Å². The SMILES string of the molecule is Cc1cc(C)c(NCC(=O)Nc2cccc(C#N)c2)c(C)c1. The molecule has 0 aliphatic rings. The van der Waals surface area contributed by atoms with Crippen LogP contribution in [0.2, 0.25) is 0 Å². The first-order valence-electron chi connectivity index (χ1n) is 7.11. The topological polar surface area (TPSA) is 64.9 Å². The van der Waals surface area contributed by atoms with Crippen LogP contribution in [0.3, 0.4) is 0 Å². The van der Waals surface area contributed by atoms with Crippen molar-refractivity contribution in [3.8, 4) is 6.07 Å². The number of hydrogen-bond acceptors (Lipinski definition) is 3. The minimum absolute atomic E-state index is 0.144. The molecule has 2 N–H and O–H groups in total. The van der Waals surface area contributed by atoms with Crippen molar-refractivity contribution in [2.75, 3.05) is 17.2 Å². The fourth-order valence-electron chi connectivity index (χ4n) is 2.50. The van der Waals surface area contributed by atoms with E-state index < -0.39 is 0 Å². The van der Waals surface area contributed by atoms with Gasteiger partial charge < -0.3 is 10.6 Å². The van der Waals surface area contributed by atoms with Gasteiger partial charge in [-0.05, 0) is 50.1 Å². The highest BCUT2D eigenvalue weighted by atomic mass is 16.1. The van der Waals surface area contributed by atoms with Crippen molar-refractivity contribution in [1.29, 1.82) is 5.26 Å². The second-order valence-electron chi connectivity index (χ2n) is 5.37. The van der Waals surface area contributed by atoms with E-state index in [1.807, 2.05) is 13.8 Å². The summed E-state index contributed by atoms with van der Waals surface area (Å²) in [6.07, 6.45) is 0. The third kappa shape index (κ3) is 3.86. The fraction of sp³-hybridized carbons (Fsp3) is 0.222. The Morgan fingerprint density at radius 3 is 2.45 bits per heavy atom. The molecule has 0 spiro atoms. The molecule has 0 heterocycles. The van der Waals surface area contributed by atoms with Gasteiger partial charge in [0.25, 0.3) is 0 Å². The lowest BCUT2D eigenvalue weighted by molar-refractivity contribution is -0.114. The van der Waals surface area contributed by atoms with Crippen LogP contribution >= 0.6 is 0 Å². The Kier molecular flexibility index (Phi) is 4.80. The van der Waals surface area contributed by atoms with Crippen LogP contribution in [0.5, 0.6) is 0 Å². The summed E-state index contributed by atoms with van der Waals surface area (Å²) in [4.78, 5) is 12.0. The van der Waals surface area contributed by atoms with Crippen molar-refractivity contribution in [2.24, 2.45) is 0 Å². The summed E-state index contributed by atoms with van der Waals surface area (Å²) in [5.41, 5.74) is 5.59. The molecule has 0 bridgehead atoms. The summed E-state index contributed by atoms with van der Waals surface area (Å²) < 4.78 is 0. The molecule has 22 heavy (non-hydrogen) atoms. The van der Waals surface area contributed by atoms with Crippen LogP contribution in [0, 0.1) is 32.1 Å². The van der Waals surface area contributed by atoms with E-state index in [0.717, 1.165) is 16.8 Å². The molecule has 2 aromatic rings. The van der Waals surface area contributed by atoms with Crippen LogP contribution < -0.4 is 10.6 Å². The van der Waals surface area contributed by atoms with Crippen molar-refractivity contribution in [3.05, 3.63) is 58.7 Å². The van der Waals surface area contributed by atoms with Crippen molar-refractivity contribution in [3.63, 3.8) is 0 Å². The Labute approximate surface area is 130 Å². The van der Waals surface area contributed by atoms with Gasteiger partial charge in [-0.1, -0.05) is 23.8 Å². The number of hydrogen-bond donors (Lipinski definition) is 2. The number of nitrogens with one attached hydrogen (secondary N) is 2. The molecule has 0 fully saturated rings. The van der Waals surface area contributed by atoms with Crippen LogP contribution in [0.1, 0.15) is 22.3 Å². The predicted molar refractivity (Wildman–Crippen MR) is 88.9 cm³/mol. The van der Waals surface area contributed by atoms with Gasteiger partial charge in [-0.15, -0.1) is 0 Å². The number of carbonyl (C=O) groups is 1. The smallest absolute Gasteiger partial charge is 0.243 e. The molecule has 0 aromatic heterocycles. The number of benzene rings is 2. The molecule has 4 nitrogen and oxygen atoms in total. The number of nitrogens with zero attached hydrogens (tertiary/aromatic N) is 1. The van der Waals surface area contributed by atoms with Gasteiger partial charge in [0, 0.05) is 11.4 Å². The maximum absolute atomic E-state index is 12.0. The molecule has 0 saturated carbocycles. The minimum Gasteiger partial charge on any atom is -0.376 e. The molecule has 0 unspecified atom stereocenters. The molecule has 0 radical (unpaired) electrons. The summed E-state index contributed by atoms with van der Waals surface area (Å²) in [6, 6.07) is 13.1. The van der Waals surface area contributed by atoms with Gasteiger partial charge in [-0.2, -0.15) is 5.26 Å². The molecule has 1 amide bonds. The molecule has 2 rings (SSSR count). The number of carbonyl (C=O) groups excluding carboxylic acids is 1. The average Bonchev–Trinajstić information content (AvgIpc) is 2.46. The van der Waals surface area contributed by atoms with Crippen LogP contribution in [0.25, 0.3) is 0 Å². The van der Waals surface area contributed by atoms with E-state index in [1.165, 1.54) is 5.56 Å². The standard InChI is InChI=1S/C18H19N3O/c1-12-7-13(2)18(14(3)8-12)20-11-17(22)21-16-6-4-5-15(9-16)10-19/h4-9,20H,11H2,1-3H3,(H,21,22). The lowest BCUT2D eigenvalue weighted by Crippen LogP contribution is -2.22. The van der Waals surface area contributed by atoms with Gasteiger partial charge in [0.2, 0.25) is 5.91 Å². The highest BCUT2D eigenvalue weighted by molar-refractivity contribution is 5.94. The van der Waals surface area contributed by atoms with Gasteiger partial charge in [-0.3, -0.25) is 4.79 Å². The lowest BCUT2D eigenvalue weighted by Gasteiger charge is -2.14. The number of anilines is 2. The first-order chi connectivity index (χ1) is 10.5. The first-order valence-corrected chi connectivity index (χ1v) is 7.11. The second kappa shape index (κ2) is 6.77. The highest BCUT2D eigenvalue weighted by Gasteiger charge is 2.07. The Balaban J connectivity index is 2.00. The lowest BCUT2D eigenvalue weighted by atomic mass is 10.1. The minimum atomic E-state index is -0.144. The normalized spacial score (nSPS) is 9.91. The first kappa shape index (κ1) is 15.6. The molecular formula is C18H19N3O. The van der Waals surface area contributed by atoms with Gasteiger partial charge >= 0.3 is 0 Å². The molecule has 4 heteroatoms. The zero-order valence-corrected chi connectivity index (χ0v) is 13.0. The zero-order valence-electron chi connectivity index (χ0n) is 13.0. The molecular weight excluding hydrogens is 274 g/mol. The fourth-order valence-corrected chi connectivity index (χ4v) is 2.50. The molecule has 0 saturated heterocycles. The van der Waals surface area contributed by atoms with E-state index in [4.69, 9.17) is 5.26 Å². The Bertz CT molecular complexity index is 721. The Morgan fingerprint density at radius 2 is 1.82 bits per heavy atom. The molecule has 112 valence electrons. The number of aryl methyl sites for hydroxylation is 3. The van der Waals surface area contributed by atoms with Crippen molar-refractivity contribution in [2.45, 2.75) is 20.8 Å². The van der Waals surface area contributed by atoms with E-state index in [9.17, 15) is 4.79 Å². The van der Waals surface area contributed by atoms with E-state index in [2.05, 4.69) is 35.8 Å². The largest absolute Gasteiger partial charge is 0.376 e. The highest BCUT2D eigenvalue weighted by Crippen LogP contribution is 2.21. The van der Waals surface area contributed by atoms with Crippen LogP contribution in [-0.4, -0.2) is 12.5 Å². The van der Waals surface area contributed by atoms with E-state index in [-0.39, 0.29) is 12.5 Å². The monoisotopic (exact) mass is 293 g/mol. The third-order valence-corrected chi connectivity index (χ3v) is 3.38. The summed E-state index contributed by atoms with van der Waals surface area (Å²) in [7, 11) is 0. The summed E-state index contributed by atoms with van der Waals surface area (Å²) >= 11 is 0. The Hall–Kier alpha value is -2.80. The molecule has 2 aromatic carbocycles. The molecule has 0 atom stereocenters. The maximum atomic E-state index is 12.0. The zero-order chi connectivity index (χ0) is 16.1. The number of nitriles is 1. The average molecular weight is 293 g/mol. The van der Waals surface area contributed by atoms with Gasteiger partial charge in [0.05, 0.1) is 18.2 Å². The second-order valence-corrected chi connectivity index (χ2v) is 5.37. The van der Waals surface area contributed by atoms with E-state index in [1.54, 1.807) is 24.3 Å². The Morgan fingerprint density at radius 1 is 1.14 bits per heavy atom. The third-order valence-electron chi connectivity index (χ3n) is 3.38. The van der Waals surface area contributed by atoms with E-state index >= 15 is 0 Å². The van der Waals surface area contributed by atoms with Gasteiger partial charge in [0.1, 0.15) is 0 Å². The summed E-state index contributed by atoms with van der Waals surface area (Å²) in [5.74, 6) is -0.144. The van der Waals surface area contributed by atoms with Crippen molar-refractivity contribution >= 4 is 17.3 Å². The summed E-state index contributed by atoms with van der Waals surface area (Å²) in [6.45, 7) is 6.29. The predicted octanol–water partition coefficient (Wildman–Crippen LogP) is 3.53. The number of amides is 1. The molecule has 0 aliphatic carbocycles. The summed E-state index contributed by atoms with van der Waals surface area (Å²) in [5, 5.41) is 14.8. The number of rotatable bonds is 4. The quantitative estimate of drug-likeness (QED) is 0.906. The molecule has 0 aliphatic heterocycles. The maximum Gasteiger partial charge on any atom is 0.243 e. The van der Waals surface area contributed by atoms with Gasteiger partial charge in [-0.25, -0.2) is 0 Å². The van der Waals surface area contributed by atoms with Crippen LogP contribution in [0.15, 0.2) is 36.4 Å². The van der Waals surface area contributed by atoms with Crippen LogP contribution in [-0.2, 0) is 4.79 Å². The van der Waals surface area contributed by atoms with Crippen molar-refractivity contribution in [1.82, 2.24) is 0 Å². The van der Waals surface area contributed by atoms with Crippen molar-refractivity contribution < 1.29 is 4.79 Å². The van der Waals surface area contributed by atoms with Crippen LogP contribution in [0.4, 0.5) is 11.4 Å².